The molecule has 0 radical (unpaired) electrons. The Labute approximate surface area is 124 Å². The Kier molecular flexibility index (Phi) is 6.30. The van der Waals surface area contributed by atoms with Crippen molar-refractivity contribution in [2.75, 3.05) is 33.0 Å². The van der Waals surface area contributed by atoms with Crippen LogP contribution in [0.4, 0.5) is 0 Å². The lowest BCUT2D eigenvalue weighted by atomic mass is 10.2. The number of aliphatic hydroxyl groups excluding tert-OH is 1. The number of pyridine rings is 1. The van der Waals surface area contributed by atoms with Gasteiger partial charge in [0.25, 0.3) is 5.91 Å². The fourth-order valence-corrected chi connectivity index (χ4v) is 2.11. The van der Waals surface area contributed by atoms with Crippen LogP contribution in [0.3, 0.4) is 0 Å². The number of carbonyl (C=O) groups is 1. The average Bonchev–Trinajstić information content (AvgIpc) is 2.45. The van der Waals surface area contributed by atoms with Gasteiger partial charge >= 0.3 is 0 Å². The second kappa shape index (κ2) is 7.73. The zero-order chi connectivity index (χ0) is 15.9. The van der Waals surface area contributed by atoms with E-state index in [2.05, 4.69) is 22.1 Å². The third kappa shape index (κ3) is 5.15. The molecule has 8 heteroatoms. The Morgan fingerprint density at radius 3 is 2.81 bits per heavy atom. The summed E-state index contributed by atoms with van der Waals surface area (Å²) in [5, 5.41) is 11.2. The first-order chi connectivity index (χ1) is 9.88. The first-order valence-corrected chi connectivity index (χ1v) is 7.72. The van der Waals surface area contributed by atoms with Gasteiger partial charge in [0.15, 0.2) is 0 Å². The highest BCUT2D eigenvalue weighted by molar-refractivity contribution is 7.89. The molecule has 0 saturated heterocycles. The summed E-state index contributed by atoms with van der Waals surface area (Å²) >= 11 is 0. The molecule has 0 spiro atoms. The van der Waals surface area contributed by atoms with Crippen LogP contribution in [0, 0.1) is 11.8 Å². The highest BCUT2D eigenvalue weighted by atomic mass is 32.2. The molecule has 1 rings (SSSR count). The molecule has 0 saturated carbocycles. The van der Waals surface area contributed by atoms with E-state index in [1.165, 1.54) is 20.3 Å². The Hall–Kier alpha value is -1.95. The number of nitrogens with one attached hydrogen (secondary N) is 1. The van der Waals surface area contributed by atoms with E-state index in [0.717, 1.165) is 4.31 Å². The summed E-state index contributed by atoms with van der Waals surface area (Å²) in [6.45, 7) is -0.347. The number of sulfonamides is 1. The maximum Gasteiger partial charge on any atom is 0.271 e. The van der Waals surface area contributed by atoms with Crippen molar-refractivity contribution in [3.63, 3.8) is 0 Å². The first kappa shape index (κ1) is 17.1. The molecule has 1 aromatic rings. The SMILES string of the molecule is CN(C)S(=O)(=O)CCNC(=O)c1ncccc1C#CCO. The van der Waals surface area contributed by atoms with Crippen LogP contribution in [0.25, 0.3) is 0 Å². The van der Waals surface area contributed by atoms with Gasteiger partial charge in [-0.1, -0.05) is 11.8 Å². The smallest absolute Gasteiger partial charge is 0.271 e. The second-order valence-corrected chi connectivity index (χ2v) is 6.52. The summed E-state index contributed by atoms with van der Waals surface area (Å²) in [7, 11) is -0.505. The summed E-state index contributed by atoms with van der Waals surface area (Å²) in [6.07, 6.45) is 1.44. The van der Waals surface area contributed by atoms with Crippen LogP contribution in [-0.4, -0.2) is 61.7 Å². The molecule has 2 N–H and O–H groups in total. The van der Waals surface area contributed by atoms with E-state index in [-0.39, 0.29) is 24.6 Å². The fraction of sp³-hybridized carbons (Fsp3) is 0.385. The Balaban J connectivity index is 2.73. The highest BCUT2D eigenvalue weighted by Gasteiger charge is 2.15. The van der Waals surface area contributed by atoms with E-state index >= 15 is 0 Å². The number of hydrogen-bond acceptors (Lipinski definition) is 5. The maximum absolute atomic E-state index is 12.0. The average molecular weight is 311 g/mol. The van der Waals surface area contributed by atoms with Crippen LogP contribution in [0.1, 0.15) is 16.1 Å². The Morgan fingerprint density at radius 1 is 1.48 bits per heavy atom. The van der Waals surface area contributed by atoms with Crippen molar-refractivity contribution in [2.45, 2.75) is 0 Å². The molecule has 0 aliphatic heterocycles. The van der Waals surface area contributed by atoms with Gasteiger partial charge < -0.3 is 10.4 Å². The lowest BCUT2D eigenvalue weighted by Gasteiger charge is -2.11. The van der Waals surface area contributed by atoms with Gasteiger partial charge in [-0.25, -0.2) is 17.7 Å². The van der Waals surface area contributed by atoms with E-state index in [4.69, 9.17) is 5.11 Å². The zero-order valence-electron chi connectivity index (χ0n) is 11.8. The zero-order valence-corrected chi connectivity index (χ0v) is 12.6. The molecule has 1 amide bonds. The molecule has 0 unspecified atom stereocenters. The molecule has 0 aliphatic rings. The standard InChI is InChI=1S/C13H17N3O4S/c1-16(2)21(19,20)10-8-15-13(18)12-11(6-4-9-17)5-3-7-14-12/h3,5,7,17H,8-10H2,1-2H3,(H,15,18). The van der Waals surface area contributed by atoms with Crippen molar-refractivity contribution in [1.82, 2.24) is 14.6 Å². The molecule has 1 aromatic heterocycles. The van der Waals surface area contributed by atoms with Crippen molar-refractivity contribution < 1.29 is 18.3 Å². The molecule has 0 aliphatic carbocycles. The number of aromatic nitrogens is 1. The van der Waals surface area contributed by atoms with Crippen molar-refractivity contribution in [3.8, 4) is 11.8 Å². The van der Waals surface area contributed by atoms with Crippen molar-refractivity contribution in [3.05, 3.63) is 29.6 Å². The summed E-state index contributed by atoms with van der Waals surface area (Å²) < 4.78 is 24.2. The van der Waals surface area contributed by atoms with Crippen LogP contribution in [0.2, 0.25) is 0 Å². The molecule has 21 heavy (non-hydrogen) atoms. The molecular weight excluding hydrogens is 294 g/mol. The van der Waals surface area contributed by atoms with Crippen molar-refractivity contribution >= 4 is 15.9 Å². The van der Waals surface area contributed by atoms with E-state index in [1.54, 1.807) is 12.1 Å². The molecule has 0 bridgehead atoms. The predicted molar refractivity (Wildman–Crippen MR) is 78.0 cm³/mol. The predicted octanol–water partition coefficient (Wildman–Crippen LogP) is -0.953. The summed E-state index contributed by atoms with van der Waals surface area (Å²) in [5.41, 5.74) is 0.472. The number of amides is 1. The van der Waals surface area contributed by atoms with Gasteiger partial charge in [0.1, 0.15) is 12.3 Å². The van der Waals surface area contributed by atoms with Crippen LogP contribution < -0.4 is 5.32 Å². The monoisotopic (exact) mass is 311 g/mol. The number of hydrogen-bond donors (Lipinski definition) is 2. The molecule has 0 aromatic carbocycles. The summed E-state index contributed by atoms with van der Waals surface area (Å²) in [5.74, 6) is 4.35. The van der Waals surface area contributed by atoms with Gasteiger partial charge in [-0.3, -0.25) is 4.79 Å². The summed E-state index contributed by atoms with van der Waals surface area (Å²) in [6, 6.07) is 3.22. The lowest BCUT2D eigenvalue weighted by Crippen LogP contribution is -2.34. The Morgan fingerprint density at radius 2 is 2.19 bits per heavy atom. The van der Waals surface area contributed by atoms with Crippen LogP contribution >= 0.6 is 0 Å². The van der Waals surface area contributed by atoms with E-state index in [0.29, 0.717) is 5.56 Å². The highest BCUT2D eigenvalue weighted by Crippen LogP contribution is 2.03. The topological polar surface area (TPSA) is 99.6 Å². The molecule has 114 valence electrons. The molecule has 1 heterocycles. The van der Waals surface area contributed by atoms with Crippen LogP contribution in [0.15, 0.2) is 18.3 Å². The number of aliphatic hydroxyl groups is 1. The minimum atomic E-state index is -3.36. The second-order valence-electron chi connectivity index (χ2n) is 4.21. The van der Waals surface area contributed by atoms with Gasteiger partial charge in [-0.05, 0) is 12.1 Å². The molecular formula is C13H17N3O4S. The fourth-order valence-electron chi connectivity index (χ4n) is 1.38. The minimum Gasteiger partial charge on any atom is -0.384 e. The van der Waals surface area contributed by atoms with Crippen molar-refractivity contribution in [2.24, 2.45) is 0 Å². The maximum atomic E-state index is 12.0. The largest absolute Gasteiger partial charge is 0.384 e. The molecule has 7 nitrogen and oxygen atoms in total. The van der Waals surface area contributed by atoms with Gasteiger partial charge in [-0.15, -0.1) is 0 Å². The number of rotatable bonds is 5. The third-order valence-electron chi connectivity index (χ3n) is 2.53. The van der Waals surface area contributed by atoms with Gasteiger partial charge in [0.05, 0.1) is 11.3 Å². The van der Waals surface area contributed by atoms with Gasteiger partial charge in [-0.2, -0.15) is 0 Å². The van der Waals surface area contributed by atoms with Crippen molar-refractivity contribution in [1.29, 1.82) is 0 Å². The van der Waals surface area contributed by atoms with E-state index < -0.39 is 15.9 Å². The van der Waals surface area contributed by atoms with E-state index in [9.17, 15) is 13.2 Å². The van der Waals surface area contributed by atoms with Crippen LogP contribution in [0.5, 0.6) is 0 Å². The lowest BCUT2D eigenvalue weighted by molar-refractivity contribution is 0.0951. The minimum absolute atomic E-state index is 0.0250. The van der Waals surface area contributed by atoms with E-state index in [1.807, 2.05) is 0 Å². The molecule has 0 fully saturated rings. The number of carbonyl (C=O) groups excluding carboxylic acids is 1. The number of nitrogens with zero attached hydrogens (tertiary/aromatic N) is 2. The first-order valence-electron chi connectivity index (χ1n) is 6.11. The Bertz CT molecular complexity index is 659. The third-order valence-corrected chi connectivity index (χ3v) is 4.36. The van der Waals surface area contributed by atoms with Gasteiger partial charge in [0, 0.05) is 26.8 Å². The normalized spacial score (nSPS) is 10.9. The van der Waals surface area contributed by atoms with Gasteiger partial charge in [0.2, 0.25) is 10.0 Å². The quantitative estimate of drug-likeness (QED) is 0.683. The molecule has 0 atom stereocenters. The summed E-state index contributed by atoms with van der Waals surface area (Å²) in [4.78, 5) is 15.9. The van der Waals surface area contributed by atoms with Crippen LogP contribution in [-0.2, 0) is 10.0 Å².